The number of piperidine rings is 1. The Hall–Kier alpha value is -1.51. The van der Waals surface area contributed by atoms with E-state index in [4.69, 9.17) is 4.74 Å². The number of ether oxygens (including phenoxy) is 1. The van der Waals surface area contributed by atoms with Crippen LogP contribution in [0, 0.1) is 6.92 Å². The van der Waals surface area contributed by atoms with Crippen molar-refractivity contribution in [1.82, 2.24) is 4.90 Å². The van der Waals surface area contributed by atoms with Crippen molar-refractivity contribution < 1.29 is 9.53 Å². The highest BCUT2D eigenvalue weighted by Gasteiger charge is 2.26. The minimum Gasteiger partial charge on any atom is -0.496 e. The van der Waals surface area contributed by atoms with Gasteiger partial charge in [0.05, 0.1) is 12.7 Å². The zero-order chi connectivity index (χ0) is 13.1. The summed E-state index contributed by atoms with van der Waals surface area (Å²) in [6.07, 6.45) is 3.42. The van der Waals surface area contributed by atoms with Crippen molar-refractivity contribution in [2.45, 2.75) is 39.2 Å². The molecule has 2 rings (SSSR count). The number of nitrogens with zero attached hydrogens (tertiary/aromatic N) is 1. The number of likely N-dealkylation sites (tertiary alicyclic amines) is 1. The average Bonchev–Trinajstić information content (AvgIpc) is 2.38. The van der Waals surface area contributed by atoms with Gasteiger partial charge in [-0.1, -0.05) is 11.6 Å². The van der Waals surface area contributed by atoms with Crippen molar-refractivity contribution in [3.63, 3.8) is 0 Å². The first-order valence-electron chi connectivity index (χ1n) is 6.59. The number of rotatable bonds is 2. The Kier molecular flexibility index (Phi) is 3.90. The van der Waals surface area contributed by atoms with E-state index in [9.17, 15) is 4.79 Å². The molecular weight excluding hydrogens is 226 g/mol. The van der Waals surface area contributed by atoms with Crippen LogP contribution in [0.3, 0.4) is 0 Å². The minimum atomic E-state index is 0.0998. The molecule has 1 atom stereocenters. The number of carbonyl (C=O) groups is 1. The summed E-state index contributed by atoms with van der Waals surface area (Å²) in [5.74, 6) is 0.770. The molecule has 1 aliphatic heterocycles. The monoisotopic (exact) mass is 247 g/mol. The number of carbonyl (C=O) groups excluding carboxylic acids is 1. The number of amides is 1. The Balaban J connectivity index is 2.29. The largest absolute Gasteiger partial charge is 0.496 e. The fourth-order valence-corrected chi connectivity index (χ4v) is 2.54. The third-order valence-electron chi connectivity index (χ3n) is 3.65. The van der Waals surface area contributed by atoms with Crippen molar-refractivity contribution in [3.05, 3.63) is 29.3 Å². The van der Waals surface area contributed by atoms with Crippen molar-refractivity contribution >= 4 is 5.91 Å². The lowest BCUT2D eigenvalue weighted by molar-refractivity contribution is 0.0632. The van der Waals surface area contributed by atoms with E-state index in [0.717, 1.165) is 24.9 Å². The van der Waals surface area contributed by atoms with Crippen molar-refractivity contribution in [2.24, 2.45) is 0 Å². The summed E-state index contributed by atoms with van der Waals surface area (Å²) in [6.45, 7) is 4.98. The smallest absolute Gasteiger partial charge is 0.257 e. The molecule has 1 fully saturated rings. The SMILES string of the molecule is COc1ccc(C)cc1C(=O)N1CCCC[C@H]1C. The molecule has 3 nitrogen and oxygen atoms in total. The van der Waals surface area contributed by atoms with Crippen LogP contribution in [0.4, 0.5) is 0 Å². The number of benzene rings is 1. The maximum absolute atomic E-state index is 12.6. The molecule has 0 N–H and O–H groups in total. The van der Waals surface area contributed by atoms with Crippen LogP contribution in [-0.4, -0.2) is 30.5 Å². The van der Waals surface area contributed by atoms with Crippen molar-refractivity contribution in [2.75, 3.05) is 13.7 Å². The van der Waals surface area contributed by atoms with Gasteiger partial charge in [0, 0.05) is 12.6 Å². The summed E-state index contributed by atoms with van der Waals surface area (Å²) >= 11 is 0. The van der Waals surface area contributed by atoms with E-state index >= 15 is 0 Å². The summed E-state index contributed by atoms with van der Waals surface area (Å²) in [6, 6.07) is 6.09. The topological polar surface area (TPSA) is 29.5 Å². The minimum absolute atomic E-state index is 0.0998. The van der Waals surface area contributed by atoms with Gasteiger partial charge in [0.25, 0.3) is 5.91 Å². The highest BCUT2D eigenvalue weighted by molar-refractivity contribution is 5.97. The van der Waals surface area contributed by atoms with E-state index in [1.54, 1.807) is 7.11 Å². The molecule has 1 amide bonds. The molecule has 0 unspecified atom stereocenters. The number of aryl methyl sites for hydroxylation is 1. The summed E-state index contributed by atoms with van der Waals surface area (Å²) in [5, 5.41) is 0. The van der Waals surface area contributed by atoms with Gasteiger partial charge in [-0.15, -0.1) is 0 Å². The lowest BCUT2D eigenvalue weighted by Gasteiger charge is -2.33. The predicted octanol–water partition coefficient (Wildman–Crippen LogP) is 3.02. The highest BCUT2D eigenvalue weighted by Crippen LogP contribution is 2.25. The van der Waals surface area contributed by atoms with Gasteiger partial charge in [0.1, 0.15) is 5.75 Å². The van der Waals surface area contributed by atoms with Crippen molar-refractivity contribution in [3.8, 4) is 5.75 Å². The van der Waals surface area contributed by atoms with Crippen LogP contribution in [0.5, 0.6) is 5.75 Å². The van der Waals surface area contributed by atoms with Crippen LogP contribution in [-0.2, 0) is 0 Å². The summed E-state index contributed by atoms with van der Waals surface area (Å²) in [5.41, 5.74) is 1.77. The first-order valence-corrected chi connectivity index (χ1v) is 6.59. The van der Waals surface area contributed by atoms with Gasteiger partial charge in [0.2, 0.25) is 0 Å². The lowest BCUT2D eigenvalue weighted by atomic mass is 10.0. The van der Waals surface area contributed by atoms with Gasteiger partial charge < -0.3 is 9.64 Å². The molecule has 1 aromatic carbocycles. The maximum Gasteiger partial charge on any atom is 0.257 e. The third-order valence-corrected chi connectivity index (χ3v) is 3.65. The van der Waals surface area contributed by atoms with E-state index in [0.29, 0.717) is 17.4 Å². The molecule has 0 spiro atoms. The number of hydrogen-bond donors (Lipinski definition) is 0. The van der Waals surface area contributed by atoms with Crippen molar-refractivity contribution in [1.29, 1.82) is 0 Å². The van der Waals surface area contributed by atoms with Gasteiger partial charge >= 0.3 is 0 Å². The van der Waals surface area contributed by atoms with E-state index in [-0.39, 0.29) is 5.91 Å². The van der Waals surface area contributed by atoms with Gasteiger partial charge in [-0.2, -0.15) is 0 Å². The fourth-order valence-electron chi connectivity index (χ4n) is 2.54. The average molecular weight is 247 g/mol. The van der Waals surface area contributed by atoms with Crippen LogP contribution >= 0.6 is 0 Å². The van der Waals surface area contributed by atoms with Crippen LogP contribution in [0.2, 0.25) is 0 Å². The van der Waals surface area contributed by atoms with Gasteiger partial charge in [-0.05, 0) is 45.2 Å². The molecular formula is C15H21NO2. The third kappa shape index (κ3) is 2.50. The highest BCUT2D eigenvalue weighted by atomic mass is 16.5. The molecule has 1 saturated heterocycles. The molecule has 0 aliphatic carbocycles. The summed E-state index contributed by atoms with van der Waals surface area (Å²) < 4.78 is 5.30. The normalized spacial score (nSPS) is 19.7. The summed E-state index contributed by atoms with van der Waals surface area (Å²) in [4.78, 5) is 14.6. The van der Waals surface area contributed by atoms with E-state index in [1.807, 2.05) is 30.0 Å². The zero-order valence-corrected chi connectivity index (χ0v) is 11.4. The van der Waals surface area contributed by atoms with E-state index in [1.165, 1.54) is 6.42 Å². The predicted molar refractivity (Wildman–Crippen MR) is 72.1 cm³/mol. The molecule has 98 valence electrons. The molecule has 1 heterocycles. The first kappa shape index (κ1) is 12.9. The second-order valence-electron chi connectivity index (χ2n) is 5.05. The molecule has 0 bridgehead atoms. The van der Waals surface area contributed by atoms with Crippen LogP contribution in [0.25, 0.3) is 0 Å². The Morgan fingerprint density at radius 3 is 2.83 bits per heavy atom. The van der Waals surface area contributed by atoms with Gasteiger partial charge in [0.15, 0.2) is 0 Å². The fraction of sp³-hybridized carbons (Fsp3) is 0.533. The molecule has 0 radical (unpaired) electrons. The summed E-state index contributed by atoms with van der Waals surface area (Å²) in [7, 11) is 1.61. The second kappa shape index (κ2) is 5.42. The first-order chi connectivity index (χ1) is 8.63. The lowest BCUT2D eigenvalue weighted by Crippen LogP contribution is -2.42. The Bertz CT molecular complexity index is 442. The Morgan fingerprint density at radius 2 is 2.17 bits per heavy atom. The molecule has 0 aromatic heterocycles. The quantitative estimate of drug-likeness (QED) is 0.804. The Labute approximate surface area is 109 Å². The van der Waals surface area contributed by atoms with Gasteiger partial charge in [-0.25, -0.2) is 0 Å². The molecule has 3 heteroatoms. The van der Waals surface area contributed by atoms with E-state index < -0.39 is 0 Å². The van der Waals surface area contributed by atoms with E-state index in [2.05, 4.69) is 6.92 Å². The maximum atomic E-state index is 12.6. The number of methoxy groups -OCH3 is 1. The second-order valence-corrected chi connectivity index (χ2v) is 5.05. The molecule has 1 aliphatic rings. The number of hydrogen-bond acceptors (Lipinski definition) is 2. The molecule has 1 aromatic rings. The standard InChI is InChI=1S/C15H21NO2/c1-11-7-8-14(18-3)13(10-11)15(17)16-9-5-4-6-12(16)2/h7-8,10,12H,4-6,9H2,1-3H3/t12-/m1/s1. The van der Waals surface area contributed by atoms with Crippen LogP contribution in [0.1, 0.15) is 42.1 Å². The van der Waals surface area contributed by atoms with Gasteiger partial charge in [-0.3, -0.25) is 4.79 Å². The molecule has 18 heavy (non-hydrogen) atoms. The molecule has 0 saturated carbocycles. The Morgan fingerprint density at radius 1 is 1.39 bits per heavy atom. The van der Waals surface area contributed by atoms with Crippen LogP contribution in [0.15, 0.2) is 18.2 Å². The zero-order valence-electron chi connectivity index (χ0n) is 11.4. The van der Waals surface area contributed by atoms with Crippen LogP contribution < -0.4 is 4.74 Å².